The number of hydrogen-bond donors (Lipinski definition) is 0. The summed E-state index contributed by atoms with van der Waals surface area (Å²) >= 11 is 0. The van der Waals surface area contributed by atoms with Crippen molar-refractivity contribution in [1.29, 1.82) is 0 Å². The molecule has 3 atom stereocenters. The maximum Gasteiger partial charge on any atom is 0.332 e. The summed E-state index contributed by atoms with van der Waals surface area (Å²) in [5, 5.41) is 0. The second-order valence-electron chi connectivity index (χ2n) is 5.06. The Labute approximate surface area is 96.2 Å². The van der Waals surface area contributed by atoms with Gasteiger partial charge in [0.15, 0.2) is 0 Å². The Morgan fingerprint density at radius 3 is 3.00 bits per heavy atom. The third-order valence-corrected chi connectivity index (χ3v) is 3.42. The Balaban J connectivity index is 1.69. The van der Waals surface area contributed by atoms with Crippen molar-refractivity contribution in [1.82, 2.24) is 0 Å². The van der Waals surface area contributed by atoms with E-state index in [1.807, 2.05) is 6.92 Å². The highest BCUT2D eigenvalue weighted by atomic mass is 16.6. The van der Waals surface area contributed by atoms with Crippen LogP contribution in [0.1, 0.15) is 33.1 Å². The highest BCUT2D eigenvalue weighted by Gasteiger charge is 2.48. The summed E-state index contributed by atoms with van der Waals surface area (Å²) in [6.07, 6.45) is 4.11. The van der Waals surface area contributed by atoms with Crippen LogP contribution in [0.3, 0.4) is 0 Å². The van der Waals surface area contributed by atoms with Crippen LogP contribution in [0.2, 0.25) is 0 Å². The number of carbonyl (C=O) groups is 1. The average molecular weight is 228 g/mol. The highest BCUT2D eigenvalue weighted by Crippen LogP contribution is 2.46. The van der Waals surface area contributed by atoms with Gasteiger partial charge in [-0.2, -0.15) is 0 Å². The quantitative estimate of drug-likeness (QED) is 0.529. The molecule has 0 amide bonds. The predicted octanol–water partition coefficient (Wildman–Crippen LogP) is 1.52. The molecule has 0 N–H and O–H groups in total. The number of carbonyl (C=O) groups excluding carboxylic acids is 1. The van der Waals surface area contributed by atoms with Gasteiger partial charge < -0.3 is 14.2 Å². The van der Waals surface area contributed by atoms with Gasteiger partial charge in [0.1, 0.15) is 6.61 Å². The van der Waals surface area contributed by atoms with Crippen LogP contribution in [0.5, 0.6) is 0 Å². The molecule has 0 aromatic rings. The molecule has 1 aliphatic carbocycles. The number of epoxide rings is 1. The molecular weight excluding hydrogens is 208 g/mol. The summed E-state index contributed by atoms with van der Waals surface area (Å²) in [5.74, 6) is -0.262. The van der Waals surface area contributed by atoms with E-state index in [0.717, 1.165) is 19.3 Å². The number of rotatable bonds is 5. The second-order valence-corrected chi connectivity index (χ2v) is 5.06. The minimum absolute atomic E-state index is 0.0646. The Morgan fingerprint density at radius 2 is 2.31 bits per heavy atom. The zero-order chi connectivity index (χ0) is 11.6. The number of fused-ring (bicyclic) bond motifs is 1. The van der Waals surface area contributed by atoms with Crippen LogP contribution >= 0.6 is 0 Å². The second kappa shape index (κ2) is 4.72. The Kier molecular flexibility index (Phi) is 3.50. The minimum atomic E-state index is -0.262. The van der Waals surface area contributed by atoms with E-state index >= 15 is 0 Å². The lowest BCUT2D eigenvalue weighted by Crippen LogP contribution is -2.31. The number of ether oxygens (including phenoxy) is 3. The highest BCUT2D eigenvalue weighted by molar-refractivity contribution is 5.70. The normalized spacial score (nSPS) is 36.6. The molecule has 2 rings (SSSR count). The number of hydrogen-bond acceptors (Lipinski definition) is 4. The monoisotopic (exact) mass is 228 g/mol. The van der Waals surface area contributed by atoms with E-state index < -0.39 is 0 Å². The minimum Gasteiger partial charge on any atom is -0.463 e. The van der Waals surface area contributed by atoms with Gasteiger partial charge in [0.25, 0.3) is 0 Å². The van der Waals surface area contributed by atoms with Crippen LogP contribution < -0.4 is 0 Å². The van der Waals surface area contributed by atoms with Crippen molar-refractivity contribution in [2.75, 3.05) is 19.8 Å². The van der Waals surface area contributed by atoms with E-state index in [4.69, 9.17) is 14.2 Å². The molecule has 4 heteroatoms. The fourth-order valence-electron chi connectivity index (χ4n) is 2.30. The fourth-order valence-corrected chi connectivity index (χ4v) is 2.30. The standard InChI is InChI=1S/C12H20O4/c1-3-14-7-11(13)15-8-12(2)5-4-9-10(6-12)16-9/h9-10H,3-8H2,1-2H3. The van der Waals surface area contributed by atoms with E-state index in [2.05, 4.69) is 6.92 Å². The molecule has 0 aromatic carbocycles. The van der Waals surface area contributed by atoms with Crippen LogP contribution in [0.4, 0.5) is 0 Å². The molecule has 1 heterocycles. The number of esters is 1. The summed E-state index contributed by atoms with van der Waals surface area (Å²) in [6.45, 7) is 5.13. The first-order chi connectivity index (χ1) is 7.63. The van der Waals surface area contributed by atoms with Crippen LogP contribution in [-0.2, 0) is 19.0 Å². The molecule has 2 aliphatic rings. The van der Waals surface area contributed by atoms with Crippen LogP contribution in [0, 0.1) is 5.41 Å². The molecule has 3 unspecified atom stereocenters. The van der Waals surface area contributed by atoms with Gasteiger partial charge in [-0.25, -0.2) is 4.79 Å². The van der Waals surface area contributed by atoms with Crippen molar-refractivity contribution in [2.24, 2.45) is 5.41 Å². The van der Waals surface area contributed by atoms with Gasteiger partial charge in [-0.1, -0.05) is 6.92 Å². The first-order valence-electron chi connectivity index (χ1n) is 6.02. The Hall–Kier alpha value is -0.610. The lowest BCUT2D eigenvalue weighted by Gasteiger charge is -2.30. The van der Waals surface area contributed by atoms with Gasteiger partial charge in [0.05, 0.1) is 18.8 Å². The van der Waals surface area contributed by atoms with Gasteiger partial charge >= 0.3 is 5.97 Å². The molecule has 2 fully saturated rings. The maximum atomic E-state index is 11.3. The van der Waals surface area contributed by atoms with Crippen LogP contribution in [0.25, 0.3) is 0 Å². The van der Waals surface area contributed by atoms with Crippen molar-refractivity contribution in [3.63, 3.8) is 0 Å². The SMILES string of the molecule is CCOCC(=O)OCC1(C)CCC2OC2C1. The molecule has 0 spiro atoms. The molecule has 1 aliphatic heterocycles. The molecule has 0 bridgehead atoms. The van der Waals surface area contributed by atoms with E-state index in [1.165, 1.54) is 0 Å². The topological polar surface area (TPSA) is 48.1 Å². The van der Waals surface area contributed by atoms with Crippen LogP contribution in [-0.4, -0.2) is 38.0 Å². The smallest absolute Gasteiger partial charge is 0.332 e. The molecule has 4 nitrogen and oxygen atoms in total. The lowest BCUT2D eigenvalue weighted by molar-refractivity contribution is -0.152. The summed E-state index contributed by atoms with van der Waals surface area (Å²) in [7, 11) is 0. The summed E-state index contributed by atoms with van der Waals surface area (Å²) < 4.78 is 15.7. The largest absolute Gasteiger partial charge is 0.463 e. The van der Waals surface area contributed by atoms with Gasteiger partial charge in [0.2, 0.25) is 0 Å². The van der Waals surface area contributed by atoms with Gasteiger partial charge in [-0.3, -0.25) is 0 Å². The lowest BCUT2D eigenvalue weighted by atomic mass is 9.76. The average Bonchev–Trinajstić information content (AvgIpc) is 3.01. The summed E-state index contributed by atoms with van der Waals surface area (Å²) in [5.41, 5.74) is 0.0968. The molecular formula is C12H20O4. The molecule has 0 aromatic heterocycles. The Bertz CT molecular complexity index is 266. The van der Waals surface area contributed by atoms with E-state index in [-0.39, 0.29) is 18.0 Å². The first kappa shape index (κ1) is 11.9. The van der Waals surface area contributed by atoms with Gasteiger partial charge in [0, 0.05) is 12.0 Å². The van der Waals surface area contributed by atoms with Crippen molar-refractivity contribution >= 4 is 5.97 Å². The molecule has 1 saturated heterocycles. The van der Waals surface area contributed by atoms with Crippen molar-refractivity contribution < 1.29 is 19.0 Å². The van der Waals surface area contributed by atoms with E-state index in [0.29, 0.717) is 25.4 Å². The van der Waals surface area contributed by atoms with Gasteiger partial charge in [-0.05, 0) is 26.2 Å². The summed E-state index contributed by atoms with van der Waals surface area (Å²) in [6, 6.07) is 0. The fraction of sp³-hybridized carbons (Fsp3) is 0.917. The van der Waals surface area contributed by atoms with Crippen molar-refractivity contribution in [3.8, 4) is 0 Å². The molecule has 92 valence electrons. The van der Waals surface area contributed by atoms with E-state index in [1.54, 1.807) is 0 Å². The first-order valence-corrected chi connectivity index (χ1v) is 6.02. The third-order valence-electron chi connectivity index (χ3n) is 3.42. The zero-order valence-electron chi connectivity index (χ0n) is 10.0. The Morgan fingerprint density at radius 1 is 1.50 bits per heavy atom. The third kappa shape index (κ3) is 2.95. The molecule has 0 radical (unpaired) electrons. The van der Waals surface area contributed by atoms with Crippen molar-refractivity contribution in [3.05, 3.63) is 0 Å². The zero-order valence-corrected chi connectivity index (χ0v) is 10.0. The van der Waals surface area contributed by atoms with Crippen molar-refractivity contribution in [2.45, 2.75) is 45.3 Å². The maximum absolute atomic E-state index is 11.3. The summed E-state index contributed by atoms with van der Waals surface area (Å²) in [4.78, 5) is 11.3. The van der Waals surface area contributed by atoms with Crippen LogP contribution in [0.15, 0.2) is 0 Å². The van der Waals surface area contributed by atoms with E-state index in [9.17, 15) is 4.79 Å². The van der Waals surface area contributed by atoms with Gasteiger partial charge in [-0.15, -0.1) is 0 Å². The molecule has 16 heavy (non-hydrogen) atoms. The predicted molar refractivity (Wildman–Crippen MR) is 58.1 cm³/mol. The molecule has 1 saturated carbocycles.